The van der Waals surface area contributed by atoms with E-state index < -0.39 is 0 Å². The van der Waals surface area contributed by atoms with E-state index >= 15 is 0 Å². The van der Waals surface area contributed by atoms with Crippen molar-refractivity contribution in [2.24, 2.45) is 0 Å². The van der Waals surface area contributed by atoms with E-state index in [4.69, 9.17) is 0 Å². The number of nitrogens with one attached hydrogen (secondary N) is 1. The normalized spacial score (nSPS) is 17.8. The Bertz CT molecular complexity index is 738. The average Bonchev–Trinajstić information content (AvgIpc) is 3.22. The first-order chi connectivity index (χ1) is 11.6. The van der Waals surface area contributed by atoms with Crippen molar-refractivity contribution < 1.29 is 9.59 Å². The van der Waals surface area contributed by atoms with Gasteiger partial charge in [-0.2, -0.15) is 0 Å². The summed E-state index contributed by atoms with van der Waals surface area (Å²) in [6.07, 6.45) is 6.69. The molecule has 3 rings (SSSR count). The first-order valence-corrected chi connectivity index (χ1v) is 9.00. The zero-order valence-corrected chi connectivity index (χ0v) is 14.7. The van der Waals surface area contributed by atoms with Crippen molar-refractivity contribution in [2.45, 2.75) is 39.2 Å². The van der Waals surface area contributed by atoms with Crippen molar-refractivity contribution in [3.63, 3.8) is 0 Å². The number of amides is 2. The lowest BCUT2D eigenvalue weighted by atomic mass is 10.0. The highest BCUT2D eigenvalue weighted by Gasteiger charge is 2.27. The van der Waals surface area contributed by atoms with Crippen molar-refractivity contribution in [1.29, 1.82) is 0 Å². The minimum Gasteiger partial charge on any atom is -0.335 e. The maximum Gasteiger partial charge on any atom is 0.273 e. The highest BCUT2D eigenvalue weighted by Crippen LogP contribution is 2.25. The van der Waals surface area contributed by atoms with Crippen LogP contribution in [0.1, 0.15) is 49.0 Å². The first kappa shape index (κ1) is 16.6. The monoisotopic (exact) mass is 347 g/mol. The van der Waals surface area contributed by atoms with E-state index in [0.717, 1.165) is 31.6 Å². The van der Waals surface area contributed by atoms with Gasteiger partial charge in [0.05, 0.1) is 6.04 Å². The molecule has 128 valence electrons. The molecule has 2 aromatic heterocycles. The van der Waals surface area contributed by atoms with Crippen LogP contribution in [0.4, 0.5) is 5.13 Å². The molecule has 0 aliphatic carbocycles. The summed E-state index contributed by atoms with van der Waals surface area (Å²) in [6.45, 7) is 4.91. The SMILES string of the molecule is CCc1nccn1[C@@H]1CCCN(C(=O)c2csc(NC(C)=O)n2)C1. The van der Waals surface area contributed by atoms with Gasteiger partial charge in [-0.1, -0.05) is 6.92 Å². The molecule has 0 saturated carbocycles. The van der Waals surface area contributed by atoms with Gasteiger partial charge in [-0.3, -0.25) is 9.59 Å². The van der Waals surface area contributed by atoms with E-state index in [1.807, 2.05) is 17.3 Å². The number of anilines is 1. The summed E-state index contributed by atoms with van der Waals surface area (Å²) in [5, 5.41) is 4.78. The van der Waals surface area contributed by atoms with Crippen LogP contribution in [-0.2, 0) is 11.2 Å². The second-order valence-electron chi connectivity index (χ2n) is 5.87. The lowest BCUT2D eigenvalue weighted by Gasteiger charge is -2.33. The molecule has 2 amide bonds. The lowest BCUT2D eigenvalue weighted by Crippen LogP contribution is -2.41. The fraction of sp³-hybridized carbons (Fsp3) is 0.500. The van der Waals surface area contributed by atoms with Crippen LogP contribution in [0.15, 0.2) is 17.8 Å². The summed E-state index contributed by atoms with van der Waals surface area (Å²) in [6, 6.07) is 0.258. The highest BCUT2D eigenvalue weighted by atomic mass is 32.1. The van der Waals surface area contributed by atoms with E-state index in [1.54, 1.807) is 5.38 Å². The zero-order chi connectivity index (χ0) is 17.1. The second kappa shape index (κ2) is 7.12. The highest BCUT2D eigenvalue weighted by molar-refractivity contribution is 7.14. The Hall–Kier alpha value is -2.22. The predicted molar refractivity (Wildman–Crippen MR) is 92.2 cm³/mol. The molecule has 7 nitrogen and oxygen atoms in total. The van der Waals surface area contributed by atoms with Crippen molar-refractivity contribution in [2.75, 3.05) is 18.4 Å². The molecular weight excluding hydrogens is 326 g/mol. The Morgan fingerprint density at radius 3 is 3.04 bits per heavy atom. The molecule has 2 aromatic rings. The maximum absolute atomic E-state index is 12.7. The number of hydrogen-bond acceptors (Lipinski definition) is 5. The standard InChI is InChI=1S/C16H21N5O2S/c1-3-14-17-6-8-21(14)12-5-4-7-20(9-12)15(23)13-10-24-16(19-13)18-11(2)22/h6,8,10,12H,3-5,7,9H2,1-2H3,(H,18,19,22)/t12-/m1/s1. The number of carbonyl (C=O) groups is 2. The van der Waals surface area contributed by atoms with Gasteiger partial charge in [-0.05, 0) is 12.8 Å². The van der Waals surface area contributed by atoms with Gasteiger partial charge in [0.2, 0.25) is 5.91 Å². The number of aryl methyl sites for hydroxylation is 1. The van der Waals surface area contributed by atoms with Crippen molar-refractivity contribution in [3.05, 3.63) is 29.3 Å². The molecule has 3 heterocycles. The largest absolute Gasteiger partial charge is 0.335 e. The molecule has 1 atom stereocenters. The number of piperidine rings is 1. The molecule has 0 unspecified atom stereocenters. The summed E-state index contributed by atoms with van der Waals surface area (Å²) in [5.41, 5.74) is 0.394. The molecule has 1 saturated heterocycles. The van der Waals surface area contributed by atoms with Gasteiger partial charge in [-0.15, -0.1) is 11.3 Å². The number of likely N-dealkylation sites (tertiary alicyclic amines) is 1. The van der Waals surface area contributed by atoms with E-state index in [1.165, 1.54) is 18.3 Å². The summed E-state index contributed by atoms with van der Waals surface area (Å²) < 4.78 is 2.18. The Morgan fingerprint density at radius 1 is 1.46 bits per heavy atom. The minimum absolute atomic E-state index is 0.0780. The topological polar surface area (TPSA) is 80.1 Å². The van der Waals surface area contributed by atoms with E-state index in [-0.39, 0.29) is 17.9 Å². The van der Waals surface area contributed by atoms with E-state index in [9.17, 15) is 9.59 Å². The number of nitrogens with zero attached hydrogens (tertiary/aromatic N) is 4. The first-order valence-electron chi connectivity index (χ1n) is 8.12. The van der Waals surface area contributed by atoms with Gasteiger partial charge in [0, 0.05) is 44.2 Å². The quantitative estimate of drug-likeness (QED) is 0.920. The van der Waals surface area contributed by atoms with E-state index in [0.29, 0.717) is 17.4 Å². The van der Waals surface area contributed by atoms with Crippen molar-refractivity contribution in [3.8, 4) is 0 Å². The third-order valence-electron chi connectivity index (χ3n) is 4.15. The summed E-state index contributed by atoms with van der Waals surface area (Å²) in [4.78, 5) is 34.2. The van der Waals surface area contributed by atoms with Crippen LogP contribution in [0.2, 0.25) is 0 Å². The second-order valence-corrected chi connectivity index (χ2v) is 6.73. The number of rotatable bonds is 4. The third-order valence-corrected chi connectivity index (χ3v) is 4.91. The van der Waals surface area contributed by atoms with Crippen LogP contribution in [-0.4, -0.2) is 44.3 Å². The van der Waals surface area contributed by atoms with Crippen LogP contribution in [0, 0.1) is 0 Å². The fourth-order valence-electron chi connectivity index (χ4n) is 3.06. The minimum atomic E-state index is -0.186. The van der Waals surface area contributed by atoms with Crippen molar-refractivity contribution in [1.82, 2.24) is 19.4 Å². The predicted octanol–water partition coefficient (Wildman–Crippen LogP) is 2.34. The smallest absolute Gasteiger partial charge is 0.273 e. The Kier molecular flexibility index (Phi) is 4.94. The molecule has 24 heavy (non-hydrogen) atoms. The molecule has 0 spiro atoms. The van der Waals surface area contributed by atoms with Gasteiger partial charge < -0.3 is 14.8 Å². The van der Waals surface area contributed by atoms with Gasteiger partial charge in [0.25, 0.3) is 5.91 Å². The third kappa shape index (κ3) is 3.48. The van der Waals surface area contributed by atoms with Crippen LogP contribution in [0.3, 0.4) is 0 Å². The van der Waals surface area contributed by atoms with Crippen LogP contribution in [0.5, 0.6) is 0 Å². The molecule has 1 N–H and O–H groups in total. The number of hydrogen-bond donors (Lipinski definition) is 1. The Morgan fingerprint density at radius 2 is 2.29 bits per heavy atom. The summed E-state index contributed by atoms with van der Waals surface area (Å²) in [7, 11) is 0. The molecule has 8 heteroatoms. The Labute approximate surface area is 144 Å². The number of carbonyl (C=O) groups excluding carboxylic acids is 2. The number of thiazole rings is 1. The molecular formula is C16H21N5O2S. The molecule has 0 radical (unpaired) electrons. The molecule has 0 bridgehead atoms. The molecule has 1 aliphatic heterocycles. The molecule has 0 aromatic carbocycles. The van der Waals surface area contributed by atoms with Gasteiger partial charge in [0.15, 0.2) is 5.13 Å². The number of aromatic nitrogens is 3. The lowest BCUT2D eigenvalue weighted by molar-refractivity contribution is -0.114. The van der Waals surface area contributed by atoms with Crippen molar-refractivity contribution >= 4 is 28.3 Å². The average molecular weight is 347 g/mol. The zero-order valence-electron chi connectivity index (χ0n) is 13.9. The molecule has 1 aliphatic rings. The maximum atomic E-state index is 12.7. The summed E-state index contributed by atoms with van der Waals surface area (Å²) in [5.74, 6) is 0.787. The van der Waals surface area contributed by atoms with Crippen LogP contribution >= 0.6 is 11.3 Å². The number of imidazole rings is 1. The van der Waals surface area contributed by atoms with Gasteiger partial charge in [-0.25, -0.2) is 9.97 Å². The Balaban J connectivity index is 1.71. The molecule has 1 fully saturated rings. The fourth-order valence-corrected chi connectivity index (χ4v) is 3.79. The van der Waals surface area contributed by atoms with Gasteiger partial charge in [0.1, 0.15) is 11.5 Å². The van der Waals surface area contributed by atoms with Crippen LogP contribution < -0.4 is 5.32 Å². The van der Waals surface area contributed by atoms with Crippen LogP contribution in [0.25, 0.3) is 0 Å². The van der Waals surface area contributed by atoms with Gasteiger partial charge >= 0.3 is 0 Å². The summed E-state index contributed by atoms with van der Waals surface area (Å²) >= 11 is 1.27. The van der Waals surface area contributed by atoms with E-state index in [2.05, 4.69) is 26.8 Å².